The van der Waals surface area contributed by atoms with Gasteiger partial charge in [0.05, 0.1) is 0 Å². The van der Waals surface area contributed by atoms with Gasteiger partial charge in [-0.15, -0.1) is 0 Å². The van der Waals surface area contributed by atoms with Gasteiger partial charge < -0.3 is 5.32 Å². The molecule has 0 spiro atoms. The monoisotopic (exact) mass is 257 g/mol. The lowest BCUT2D eigenvalue weighted by molar-refractivity contribution is 0.486. The molecule has 18 heavy (non-hydrogen) atoms. The van der Waals surface area contributed by atoms with Crippen LogP contribution in [0.25, 0.3) is 10.8 Å². The first kappa shape index (κ1) is 12.1. The van der Waals surface area contributed by atoms with Crippen molar-refractivity contribution in [2.24, 2.45) is 0 Å². The summed E-state index contributed by atoms with van der Waals surface area (Å²) >= 11 is 2.06. The molecule has 2 unspecified atom stereocenters. The highest BCUT2D eigenvalue weighted by Gasteiger charge is 2.17. The first-order valence-corrected chi connectivity index (χ1v) is 7.81. The largest absolute Gasteiger partial charge is 0.307 e. The molecule has 2 atom stereocenters. The predicted octanol–water partition coefficient (Wildman–Crippen LogP) is 4.00. The Hall–Kier alpha value is -0.990. The Morgan fingerprint density at radius 1 is 1.17 bits per heavy atom. The van der Waals surface area contributed by atoms with Crippen LogP contribution in [0.4, 0.5) is 0 Å². The first-order chi connectivity index (χ1) is 8.83. The Labute approximate surface area is 113 Å². The number of thioether (sulfide) groups is 1. The molecule has 94 valence electrons. The third-order valence-corrected chi connectivity index (χ3v) is 4.85. The molecule has 0 aromatic heterocycles. The smallest absolute Gasteiger partial charge is 0.0294 e. The second-order valence-corrected chi connectivity index (χ2v) is 6.21. The third kappa shape index (κ3) is 2.55. The summed E-state index contributed by atoms with van der Waals surface area (Å²) in [6, 6.07) is 16.5. The molecule has 2 aromatic carbocycles. The minimum Gasteiger partial charge on any atom is -0.307 e. The SMILES string of the molecule is CC(NC1CCSC1)c1ccc2ccccc2c1. The number of hydrogen-bond donors (Lipinski definition) is 1. The lowest BCUT2D eigenvalue weighted by Gasteiger charge is -2.19. The van der Waals surface area contributed by atoms with E-state index in [0.29, 0.717) is 12.1 Å². The molecule has 1 N–H and O–H groups in total. The summed E-state index contributed by atoms with van der Waals surface area (Å²) in [7, 11) is 0. The van der Waals surface area contributed by atoms with Gasteiger partial charge in [-0.25, -0.2) is 0 Å². The second kappa shape index (κ2) is 5.33. The Balaban J connectivity index is 1.80. The van der Waals surface area contributed by atoms with Gasteiger partial charge in [-0.05, 0) is 41.5 Å². The van der Waals surface area contributed by atoms with Crippen molar-refractivity contribution in [2.45, 2.75) is 25.4 Å². The van der Waals surface area contributed by atoms with Crippen LogP contribution in [0.2, 0.25) is 0 Å². The van der Waals surface area contributed by atoms with Crippen molar-refractivity contribution in [1.29, 1.82) is 0 Å². The van der Waals surface area contributed by atoms with Crippen LogP contribution in [-0.4, -0.2) is 17.5 Å². The van der Waals surface area contributed by atoms with Crippen LogP contribution in [0.1, 0.15) is 24.9 Å². The third-order valence-electron chi connectivity index (χ3n) is 3.69. The fourth-order valence-electron chi connectivity index (χ4n) is 2.59. The molecule has 1 fully saturated rings. The van der Waals surface area contributed by atoms with Crippen LogP contribution in [0.5, 0.6) is 0 Å². The van der Waals surface area contributed by atoms with Crippen LogP contribution >= 0.6 is 11.8 Å². The zero-order valence-corrected chi connectivity index (χ0v) is 11.5. The van der Waals surface area contributed by atoms with Gasteiger partial charge in [-0.1, -0.05) is 36.4 Å². The predicted molar refractivity (Wildman–Crippen MR) is 81.2 cm³/mol. The van der Waals surface area contributed by atoms with E-state index in [1.807, 2.05) is 0 Å². The Bertz CT molecular complexity index is 531. The lowest BCUT2D eigenvalue weighted by Crippen LogP contribution is -2.31. The van der Waals surface area contributed by atoms with Crippen molar-refractivity contribution < 1.29 is 0 Å². The van der Waals surface area contributed by atoms with E-state index in [4.69, 9.17) is 0 Å². The van der Waals surface area contributed by atoms with Gasteiger partial charge in [0.15, 0.2) is 0 Å². The van der Waals surface area contributed by atoms with Crippen molar-refractivity contribution in [2.75, 3.05) is 11.5 Å². The maximum atomic E-state index is 3.74. The van der Waals surface area contributed by atoms with Gasteiger partial charge in [-0.2, -0.15) is 11.8 Å². The van der Waals surface area contributed by atoms with Gasteiger partial charge in [0.25, 0.3) is 0 Å². The van der Waals surface area contributed by atoms with E-state index >= 15 is 0 Å². The average Bonchev–Trinajstić information content (AvgIpc) is 2.91. The van der Waals surface area contributed by atoms with Crippen LogP contribution < -0.4 is 5.32 Å². The molecule has 2 heteroatoms. The molecule has 0 amide bonds. The van der Waals surface area contributed by atoms with E-state index in [9.17, 15) is 0 Å². The fourth-order valence-corrected chi connectivity index (χ4v) is 3.76. The minimum absolute atomic E-state index is 0.443. The molecule has 0 bridgehead atoms. The molecular weight excluding hydrogens is 238 g/mol. The highest BCUT2D eigenvalue weighted by atomic mass is 32.2. The van der Waals surface area contributed by atoms with E-state index in [1.54, 1.807) is 0 Å². The van der Waals surface area contributed by atoms with E-state index < -0.39 is 0 Å². The van der Waals surface area contributed by atoms with Crippen LogP contribution in [0.15, 0.2) is 42.5 Å². The van der Waals surface area contributed by atoms with Gasteiger partial charge in [0.1, 0.15) is 0 Å². The Morgan fingerprint density at radius 2 is 2.00 bits per heavy atom. The van der Waals surface area contributed by atoms with Gasteiger partial charge in [-0.3, -0.25) is 0 Å². The summed E-state index contributed by atoms with van der Waals surface area (Å²) in [6.45, 7) is 2.27. The maximum Gasteiger partial charge on any atom is 0.0294 e. The van der Waals surface area contributed by atoms with Crippen molar-refractivity contribution in [1.82, 2.24) is 5.32 Å². The van der Waals surface area contributed by atoms with Crippen LogP contribution in [-0.2, 0) is 0 Å². The number of benzene rings is 2. The molecule has 1 aliphatic heterocycles. The number of fused-ring (bicyclic) bond motifs is 1. The highest BCUT2D eigenvalue weighted by Crippen LogP contribution is 2.23. The Morgan fingerprint density at radius 3 is 2.78 bits per heavy atom. The lowest BCUT2D eigenvalue weighted by atomic mass is 10.0. The van der Waals surface area contributed by atoms with Gasteiger partial charge in [0.2, 0.25) is 0 Å². The summed E-state index contributed by atoms with van der Waals surface area (Å²) in [5.74, 6) is 2.57. The molecule has 3 rings (SSSR count). The zero-order chi connectivity index (χ0) is 12.4. The average molecular weight is 257 g/mol. The standard InChI is InChI=1S/C16H19NS/c1-12(17-16-8-9-18-11-16)14-7-6-13-4-2-3-5-15(13)10-14/h2-7,10,12,16-17H,8-9,11H2,1H3. The normalized spacial score (nSPS) is 21.3. The van der Waals surface area contributed by atoms with Crippen molar-refractivity contribution in [3.63, 3.8) is 0 Å². The topological polar surface area (TPSA) is 12.0 Å². The van der Waals surface area contributed by atoms with Crippen molar-refractivity contribution >= 4 is 22.5 Å². The Kier molecular flexibility index (Phi) is 3.57. The zero-order valence-electron chi connectivity index (χ0n) is 10.7. The summed E-state index contributed by atoms with van der Waals surface area (Å²) in [6.07, 6.45) is 1.31. The summed E-state index contributed by atoms with van der Waals surface area (Å²) in [5.41, 5.74) is 1.39. The minimum atomic E-state index is 0.443. The molecule has 1 saturated heterocycles. The van der Waals surface area contributed by atoms with Gasteiger partial charge >= 0.3 is 0 Å². The fraction of sp³-hybridized carbons (Fsp3) is 0.375. The molecule has 0 saturated carbocycles. The quantitative estimate of drug-likeness (QED) is 0.892. The molecular formula is C16H19NS. The number of nitrogens with one attached hydrogen (secondary N) is 1. The highest BCUT2D eigenvalue weighted by molar-refractivity contribution is 7.99. The van der Waals surface area contributed by atoms with Gasteiger partial charge in [0, 0.05) is 17.8 Å². The van der Waals surface area contributed by atoms with Crippen LogP contribution in [0.3, 0.4) is 0 Å². The first-order valence-electron chi connectivity index (χ1n) is 6.65. The van der Waals surface area contributed by atoms with E-state index in [2.05, 4.69) is 66.5 Å². The molecule has 2 aromatic rings. The summed E-state index contributed by atoms with van der Waals surface area (Å²) in [5, 5.41) is 6.40. The van der Waals surface area contributed by atoms with E-state index in [1.165, 1.54) is 34.3 Å². The number of rotatable bonds is 3. The van der Waals surface area contributed by atoms with E-state index in [0.717, 1.165) is 0 Å². The molecule has 0 aliphatic carbocycles. The number of hydrogen-bond acceptors (Lipinski definition) is 2. The molecule has 1 heterocycles. The van der Waals surface area contributed by atoms with Crippen molar-refractivity contribution in [3.8, 4) is 0 Å². The molecule has 1 nitrogen and oxygen atoms in total. The molecule has 0 radical (unpaired) electrons. The maximum absolute atomic E-state index is 3.74. The van der Waals surface area contributed by atoms with E-state index in [-0.39, 0.29) is 0 Å². The van der Waals surface area contributed by atoms with Crippen LogP contribution in [0, 0.1) is 0 Å². The second-order valence-electron chi connectivity index (χ2n) is 5.06. The van der Waals surface area contributed by atoms with Crippen molar-refractivity contribution in [3.05, 3.63) is 48.0 Å². The summed E-state index contributed by atoms with van der Waals surface area (Å²) < 4.78 is 0. The summed E-state index contributed by atoms with van der Waals surface area (Å²) in [4.78, 5) is 0. The molecule has 1 aliphatic rings.